The topological polar surface area (TPSA) is 97.5 Å². The number of benzene rings is 2. The van der Waals surface area contributed by atoms with Crippen molar-refractivity contribution in [3.63, 3.8) is 0 Å². The molecular weight excluding hydrogens is 506 g/mol. The molecule has 0 saturated carbocycles. The van der Waals surface area contributed by atoms with Gasteiger partial charge in [0.1, 0.15) is 11.1 Å². The number of likely N-dealkylation sites (N-methyl/N-ethyl adjacent to an activating group) is 1. The van der Waals surface area contributed by atoms with Gasteiger partial charge in [-0.15, -0.1) is 0 Å². The van der Waals surface area contributed by atoms with Crippen LogP contribution in [0, 0.1) is 0 Å². The largest absolute Gasteiger partial charge is 0.482 e. The Balaban J connectivity index is 1.33. The van der Waals surface area contributed by atoms with Gasteiger partial charge in [-0.1, -0.05) is 18.2 Å². The molecular formula is C30H31N7O3. The van der Waals surface area contributed by atoms with Crippen molar-refractivity contribution in [1.82, 2.24) is 24.2 Å². The number of carbonyl (C=O) groups is 1. The number of ether oxygens (including phenoxy) is 1. The molecule has 0 aliphatic carbocycles. The number of allylic oxidation sites excluding steroid dienone is 1. The molecule has 10 nitrogen and oxygen atoms in total. The van der Waals surface area contributed by atoms with Crippen molar-refractivity contribution in [3.05, 3.63) is 76.2 Å². The van der Waals surface area contributed by atoms with Crippen molar-refractivity contribution in [2.45, 2.75) is 38.8 Å². The Morgan fingerprint density at radius 2 is 1.93 bits per heavy atom. The quantitative estimate of drug-likeness (QED) is 0.389. The fourth-order valence-electron chi connectivity index (χ4n) is 5.96. The van der Waals surface area contributed by atoms with Crippen LogP contribution < -0.4 is 20.5 Å². The van der Waals surface area contributed by atoms with E-state index in [1.807, 2.05) is 35.0 Å². The third kappa shape index (κ3) is 3.82. The van der Waals surface area contributed by atoms with Gasteiger partial charge in [-0.3, -0.25) is 14.5 Å². The summed E-state index contributed by atoms with van der Waals surface area (Å²) in [5, 5.41) is 3.78. The highest BCUT2D eigenvalue weighted by Crippen LogP contribution is 2.37. The van der Waals surface area contributed by atoms with Crippen LogP contribution >= 0.6 is 0 Å². The first kappa shape index (κ1) is 24.6. The monoisotopic (exact) mass is 537 g/mol. The standard InChI is InChI=1S/C30H31N7O3/c1-30(2)23-9-7-20(15-19(23)11-14-34(30)3)32-29-31-17-22-27(33-29)37-21-8-10-25-24(16-21)35(26(38)18-40-25)12-5-4-6-13-36(37)28(22)39/h4,6-10,15-17H,5,11-14,18H2,1-3H3,(H,31,32,33)/b6-4+. The van der Waals surface area contributed by atoms with Crippen molar-refractivity contribution < 1.29 is 9.53 Å². The average molecular weight is 538 g/mol. The van der Waals surface area contributed by atoms with E-state index in [4.69, 9.17) is 9.72 Å². The number of aromatic nitrogens is 4. The van der Waals surface area contributed by atoms with Crippen LogP contribution in [0.1, 0.15) is 31.4 Å². The molecule has 1 amide bonds. The van der Waals surface area contributed by atoms with E-state index in [2.05, 4.69) is 54.3 Å². The molecule has 0 fully saturated rings. The first-order chi connectivity index (χ1) is 19.3. The summed E-state index contributed by atoms with van der Waals surface area (Å²) in [7, 11) is 2.16. The summed E-state index contributed by atoms with van der Waals surface area (Å²) in [6.45, 7) is 6.43. The third-order valence-electron chi connectivity index (χ3n) is 8.46. The smallest absolute Gasteiger partial charge is 0.278 e. The van der Waals surface area contributed by atoms with Crippen molar-refractivity contribution in [3.8, 4) is 11.4 Å². The number of nitrogens with zero attached hydrogens (tertiary/aromatic N) is 6. The highest BCUT2D eigenvalue weighted by Gasteiger charge is 2.32. The molecule has 10 heteroatoms. The van der Waals surface area contributed by atoms with Gasteiger partial charge in [0.05, 0.1) is 17.9 Å². The van der Waals surface area contributed by atoms with Crippen molar-refractivity contribution >= 4 is 34.3 Å². The van der Waals surface area contributed by atoms with E-state index in [0.717, 1.165) is 18.7 Å². The number of nitrogens with one attached hydrogen (secondary N) is 1. The maximum atomic E-state index is 13.5. The molecule has 5 heterocycles. The first-order valence-electron chi connectivity index (χ1n) is 13.6. The van der Waals surface area contributed by atoms with Gasteiger partial charge >= 0.3 is 0 Å². The number of rotatable bonds is 2. The lowest BCUT2D eigenvalue weighted by Crippen LogP contribution is -2.43. The molecule has 7 rings (SSSR count). The molecule has 2 aromatic heterocycles. The predicted molar refractivity (Wildman–Crippen MR) is 154 cm³/mol. The minimum atomic E-state index is -0.174. The summed E-state index contributed by atoms with van der Waals surface area (Å²) in [6, 6.07) is 12.0. The zero-order valence-corrected chi connectivity index (χ0v) is 22.8. The van der Waals surface area contributed by atoms with Crippen LogP contribution in [0.5, 0.6) is 5.75 Å². The molecule has 2 bridgehead atoms. The van der Waals surface area contributed by atoms with Crippen molar-refractivity contribution in [1.29, 1.82) is 0 Å². The Labute approximate surface area is 231 Å². The minimum Gasteiger partial charge on any atom is -0.482 e. The maximum absolute atomic E-state index is 13.5. The second-order valence-electron chi connectivity index (χ2n) is 11.1. The predicted octanol–water partition coefficient (Wildman–Crippen LogP) is 3.73. The van der Waals surface area contributed by atoms with Gasteiger partial charge in [0.15, 0.2) is 12.3 Å². The van der Waals surface area contributed by atoms with Crippen molar-refractivity contribution in [2.75, 3.05) is 37.0 Å². The first-order valence-corrected chi connectivity index (χ1v) is 13.6. The maximum Gasteiger partial charge on any atom is 0.278 e. The second-order valence-corrected chi connectivity index (χ2v) is 11.1. The molecule has 40 heavy (non-hydrogen) atoms. The Kier molecular flexibility index (Phi) is 5.57. The summed E-state index contributed by atoms with van der Waals surface area (Å²) in [5.41, 5.74) is 5.23. The van der Waals surface area contributed by atoms with Crippen LogP contribution in [0.15, 0.2) is 59.5 Å². The minimum absolute atomic E-state index is 0.0202. The highest BCUT2D eigenvalue weighted by atomic mass is 16.5. The summed E-state index contributed by atoms with van der Waals surface area (Å²) < 4.78 is 9.16. The average Bonchev–Trinajstić information content (AvgIpc) is 3.20. The van der Waals surface area contributed by atoms with Crippen molar-refractivity contribution in [2.24, 2.45) is 0 Å². The molecule has 0 radical (unpaired) electrons. The summed E-state index contributed by atoms with van der Waals surface area (Å²) >= 11 is 0. The number of anilines is 3. The Hall–Kier alpha value is -4.44. The lowest BCUT2D eigenvalue weighted by atomic mass is 9.83. The fourth-order valence-corrected chi connectivity index (χ4v) is 5.96. The number of fused-ring (bicyclic) bond motifs is 6. The van der Waals surface area contributed by atoms with E-state index in [9.17, 15) is 9.59 Å². The van der Waals surface area contributed by atoms with E-state index in [1.54, 1.807) is 15.8 Å². The Bertz CT molecular complexity index is 1770. The molecule has 0 unspecified atom stereocenters. The van der Waals surface area contributed by atoms with Gasteiger partial charge in [0.25, 0.3) is 11.5 Å². The molecule has 0 spiro atoms. The van der Waals surface area contributed by atoms with E-state index in [-0.39, 0.29) is 23.6 Å². The number of hydrogen-bond donors (Lipinski definition) is 1. The molecule has 4 aromatic rings. The summed E-state index contributed by atoms with van der Waals surface area (Å²) in [4.78, 5) is 39.6. The molecule has 204 valence electrons. The molecule has 2 aromatic carbocycles. The zero-order chi connectivity index (χ0) is 27.6. The normalized spacial score (nSPS) is 18.9. The van der Waals surface area contributed by atoms with Crippen LogP contribution in [0.4, 0.5) is 17.3 Å². The van der Waals surface area contributed by atoms with Gasteiger partial charge in [-0.05, 0) is 75.2 Å². The lowest BCUT2D eigenvalue weighted by Gasteiger charge is -2.41. The third-order valence-corrected chi connectivity index (χ3v) is 8.46. The van der Waals surface area contributed by atoms with Gasteiger partial charge in [0, 0.05) is 30.5 Å². The van der Waals surface area contributed by atoms with Crippen LogP contribution in [0.25, 0.3) is 16.7 Å². The molecule has 0 saturated heterocycles. The van der Waals surface area contributed by atoms with Crippen LogP contribution in [0.3, 0.4) is 0 Å². The number of hydrogen-bond acceptors (Lipinski definition) is 7. The SMILES string of the molecule is CN1CCc2cc(Nc3ncc4c(=O)n5n(c4n3)-c3ccc4c(c3)N(CC/C=C/C5)C(=O)CO4)ccc2C1(C)C. The van der Waals surface area contributed by atoms with E-state index >= 15 is 0 Å². The second kappa shape index (κ2) is 9.06. The summed E-state index contributed by atoms with van der Waals surface area (Å²) in [6.07, 6.45) is 7.19. The van der Waals surface area contributed by atoms with Crippen LogP contribution in [-0.2, 0) is 23.3 Å². The molecule has 1 N–H and O–H groups in total. The molecule has 3 aliphatic heterocycles. The number of amides is 1. The molecule has 0 atom stereocenters. The van der Waals surface area contributed by atoms with Gasteiger partial charge in [-0.2, -0.15) is 4.98 Å². The zero-order valence-electron chi connectivity index (χ0n) is 22.8. The van der Waals surface area contributed by atoms with E-state index in [0.29, 0.717) is 53.6 Å². The van der Waals surface area contributed by atoms with Crippen LogP contribution in [0.2, 0.25) is 0 Å². The Morgan fingerprint density at radius 3 is 2.80 bits per heavy atom. The summed E-state index contributed by atoms with van der Waals surface area (Å²) in [5.74, 6) is 0.972. The number of carbonyl (C=O) groups excluding carboxylic acids is 1. The van der Waals surface area contributed by atoms with Gasteiger partial charge < -0.3 is 15.0 Å². The highest BCUT2D eigenvalue weighted by molar-refractivity contribution is 5.98. The Morgan fingerprint density at radius 1 is 1.05 bits per heavy atom. The van der Waals surface area contributed by atoms with Crippen LogP contribution in [-0.4, -0.2) is 56.9 Å². The van der Waals surface area contributed by atoms with Gasteiger partial charge in [0.2, 0.25) is 5.95 Å². The molecule has 3 aliphatic rings. The fraction of sp³-hybridized carbons (Fsp3) is 0.333. The van der Waals surface area contributed by atoms with E-state index in [1.165, 1.54) is 11.1 Å². The van der Waals surface area contributed by atoms with E-state index < -0.39 is 0 Å². The van der Waals surface area contributed by atoms with Gasteiger partial charge in [-0.25, -0.2) is 14.3 Å². The lowest BCUT2D eigenvalue weighted by molar-refractivity contribution is -0.121.